The van der Waals surface area contributed by atoms with Gasteiger partial charge in [-0.2, -0.15) is 0 Å². The van der Waals surface area contributed by atoms with Crippen LogP contribution in [0.1, 0.15) is 49.7 Å². The van der Waals surface area contributed by atoms with E-state index in [0.717, 1.165) is 50.4 Å². The van der Waals surface area contributed by atoms with E-state index in [4.69, 9.17) is 4.74 Å². The fraction of sp³-hybridized carbons (Fsp3) is 0.480. The fourth-order valence-corrected chi connectivity index (χ4v) is 4.48. The summed E-state index contributed by atoms with van der Waals surface area (Å²) in [6.07, 6.45) is 5.47. The number of fused-ring (bicyclic) bond motifs is 1. The molecule has 3 heterocycles. The van der Waals surface area contributed by atoms with Crippen LogP contribution in [0.5, 0.6) is 5.88 Å². The summed E-state index contributed by atoms with van der Waals surface area (Å²) in [6, 6.07) is 12.5. The summed E-state index contributed by atoms with van der Waals surface area (Å²) in [7, 11) is 1.82. The molecule has 0 aliphatic carbocycles. The molecule has 0 radical (unpaired) electrons. The highest BCUT2D eigenvalue weighted by molar-refractivity contribution is 5.98. The van der Waals surface area contributed by atoms with Gasteiger partial charge in [0.05, 0.1) is 6.61 Å². The number of hydrogen-bond acceptors (Lipinski definition) is 4. The standard InChI is InChI=1S/C25H33N5O2/c1-3-15-32-23-11-10-19(16-27-23)17-28-25(26-2)30-18-20(21-7-4-5-8-22(21)30)12-14-29-13-6-9-24(29)31/h4-5,7-8,10-11,16,20H,3,6,9,12-15,17-18H2,1-2H3,(H,26,28). The predicted molar refractivity (Wildman–Crippen MR) is 127 cm³/mol. The van der Waals surface area contributed by atoms with Gasteiger partial charge in [-0.3, -0.25) is 9.79 Å². The van der Waals surface area contributed by atoms with E-state index in [1.54, 1.807) is 0 Å². The number of nitrogens with one attached hydrogen (secondary N) is 1. The van der Waals surface area contributed by atoms with Gasteiger partial charge < -0.3 is 19.9 Å². The Bertz CT molecular complexity index is 944. The normalized spacial score (nSPS) is 18.2. The molecular weight excluding hydrogens is 402 g/mol. The Hall–Kier alpha value is -3.09. The Morgan fingerprint density at radius 2 is 2.16 bits per heavy atom. The molecule has 1 fully saturated rings. The number of ether oxygens (including phenoxy) is 1. The summed E-state index contributed by atoms with van der Waals surface area (Å²) in [5.41, 5.74) is 3.60. The summed E-state index contributed by atoms with van der Waals surface area (Å²) in [5.74, 6) is 2.19. The number of benzene rings is 1. The molecule has 1 amide bonds. The minimum Gasteiger partial charge on any atom is -0.478 e. The fourth-order valence-electron chi connectivity index (χ4n) is 4.48. The van der Waals surface area contributed by atoms with Crippen LogP contribution in [-0.2, 0) is 11.3 Å². The molecular formula is C25H33N5O2. The molecule has 7 heteroatoms. The number of guanidine groups is 1. The van der Waals surface area contributed by atoms with Crippen molar-refractivity contribution in [1.82, 2.24) is 15.2 Å². The number of rotatable bonds is 8. The van der Waals surface area contributed by atoms with E-state index in [2.05, 4.69) is 51.4 Å². The third-order valence-electron chi connectivity index (χ3n) is 6.16. The molecule has 1 aromatic heterocycles. The molecule has 32 heavy (non-hydrogen) atoms. The zero-order valence-corrected chi connectivity index (χ0v) is 19.1. The number of anilines is 1. The van der Waals surface area contributed by atoms with E-state index in [-0.39, 0.29) is 0 Å². The minimum atomic E-state index is 0.297. The summed E-state index contributed by atoms with van der Waals surface area (Å²) >= 11 is 0. The molecule has 7 nitrogen and oxygen atoms in total. The van der Waals surface area contributed by atoms with E-state index in [1.807, 2.05) is 30.3 Å². The number of carbonyl (C=O) groups is 1. The van der Waals surface area contributed by atoms with Crippen molar-refractivity contribution in [1.29, 1.82) is 0 Å². The Morgan fingerprint density at radius 3 is 2.88 bits per heavy atom. The van der Waals surface area contributed by atoms with Gasteiger partial charge in [0, 0.05) is 63.5 Å². The number of nitrogens with zero attached hydrogens (tertiary/aromatic N) is 4. The molecule has 170 valence electrons. The highest BCUT2D eigenvalue weighted by Gasteiger charge is 2.32. The summed E-state index contributed by atoms with van der Waals surface area (Å²) < 4.78 is 5.57. The van der Waals surface area contributed by atoms with E-state index in [9.17, 15) is 4.79 Å². The molecule has 0 spiro atoms. The lowest BCUT2D eigenvalue weighted by Crippen LogP contribution is -2.40. The van der Waals surface area contributed by atoms with Gasteiger partial charge in [-0.15, -0.1) is 0 Å². The van der Waals surface area contributed by atoms with Crippen molar-refractivity contribution in [2.45, 2.75) is 45.1 Å². The molecule has 1 atom stereocenters. The number of carbonyl (C=O) groups excluding carboxylic acids is 1. The van der Waals surface area contributed by atoms with Gasteiger partial charge in [-0.1, -0.05) is 31.2 Å². The topological polar surface area (TPSA) is 70.1 Å². The van der Waals surface area contributed by atoms with Crippen LogP contribution in [-0.4, -0.2) is 55.0 Å². The molecule has 1 N–H and O–H groups in total. The SMILES string of the molecule is CCCOc1ccc(CNC(=NC)N2CC(CCN3CCCC3=O)c3ccccc32)cn1. The van der Waals surface area contributed by atoms with Crippen molar-refractivity contribution >= 4 is 17.6 Å². The van der Waals surface area contributed by atoms with Crippen LogP contribution in [0.2, 0.25) is 0 Å². The van der Waals surface area contributed by atoms with Gasteiger partial charge in [0.25, 0.3) is 0 Å². The lowest BCUT2D eigenvalue weighted by molar-refractivity contribution is -0.127. The smallest absolute Gasteiger partial charge is 0.222 e. The van der Waals surface area contributed by atoms with Gasteiger partial charge in [0.1, 0.15) is 0 Å². The quantitative estimate of drug-likeness (QED) is 0.507. The Morgan fingerprint density at radius 1 is 1.28 bits per heavy atom. The highest BCUT2D eigenvalue weighted by Crippen LogP contribution is 2.38. The first-order valence-electron chi connectivity index (χ1n) is 11.6. The maximum atomic E-state index is 12.0. The van der Waals surface area contributed by atoms with Gasteiger partial charge in [-0.25, -0.2) is 4.98 Å². The number of aromatic nitrogens is 1. The third-order valence-corrected chi connectivity index (χ3v) is 6.16. The second kappa shape index (κ2) is 10.5. The van der Waals surface area contributed by atoms with Crippen LogP contribution in [0.15, 0.2) is 47.6 Å². The van der Waals surface area contributed by atoms with Crippen molar-refractivity contribution < 1.29 is 9.53 Å². The minimum absolute atomic E-state index is 0.297. The number of pyridine rings is 1. The largest absolute Gasteiger partial charge is 0.478 e. The van der Waals surface area contributed by atoms with Gasteiger partial charge in [0.2, 0.25) is 11.8 Å². The molecule has 1 aromatic carbocycles. The van der Waals surface area contributed by atoms with Crippen LogP contribution in [0, 0.1) is 0 Å². The first-order valence-corrected chi connectivity index (χ1v) is 11.6. The molecule has 2 aliphatic heterocycles. The van der Waals surface area contributed by atoms with E-state index < -0.39 is 0 Å². The molecule has 4 rings (SSSR count). The number of hydrogen-bond donors (Lipinski definition) is 1. The molecule has 2 aromatic rings. The van der Waals surface area contributed by atoms with Gasteiger partial charge >= 0.3 is 0 Å². The Kier molecular flexibility index (Phi) is 7.24. The van der Waals surface area contributed by atoms with Crippen LogP contribution < -0.4 is 15.0 Å². The number of para-hydroxylation sites is 1. The second-order valence-corrected chi connectivity index (χ2v) is 8.39. The van der Waals surface area contributed by atoms with Crippen LogP contribution in [0.4, 0.5) is 5.69 Å². The maximum Gasteiger partial charge on any atom is 0.222 e. The van der Waals surface area contributed by atoms with Gasteiger partial charge in [-0.05, 0) is 36.5 Å². The van der Waals surface area contributed by atoms with E-state index in [0.29, 0.717) is 37.3 Å². The Labute approximate surface area is 190 Å². The lowest BCUT2D eigenvalue weighted by Gasteiger charge is -2.23. The maximum absolute atomic E-state index is 12.0. The third kappa shape index (κ3) is 5.03. The molecule has 0 bridgehead atoms. The first-order chi connectivity index (χ1) is 15.7. The molecule has 1 saturated heterocycles. The van der Waals surface area contributed by atoms with E-state index in [1.165, 1.54) is 11.3 Å². The number of likely N-dealkylation sites (tertiary alicyclic amines) is 1. The number of amides is 1. The average Bonchev–Trinajstić information content (AvgIpc) is 3.41. The average molecular weight is 436 g/mol. The molecule has 0 saturated carbocycles. The van der Waals surface area contributed by atoms with E-state index >= 15 is 0 Å². The highest BCUT2D eigenvalue weighted by atomic mass is 16.5. The lowest BCUT2D eigenvalue weighted by atomic mass is 9.98. The van der Waals surface area contributed by atoms with Crippen molar-refractivity contribution in [2.75, 3.05) is 38.2 Å². The van der Waals surface area contributed by atoms with Crippen LogP contribution >= 0.6 is 0 Å². The predicted octanol–water partition coefficient (Wildman–Crippen LogP) is 3.56. The first kappa shape index (κ1) is 22.1. The molecule has 1 unspecified atom stereocenters. The van der Waals surface area contributed by atoms with Gasteiger partial charge in [0.15, 0.2) is 5.96 Å². The van der Waals surface area contributed by atoms with Crippen LogP contribution in [0.25, 0.3) is 0 Å². The zero-order valence-electron chi connectivity index (χ0n) is 19.1. The second-order valence-electron chi connectivity index (χ2n) is 8.39. The van der Waals surface area contributed by atoms with Crippen molar-refractivity contribution in [3.63, 3.8) is 0 Å². The summed E-state index contributed by atoms with van der Waals surface area (Å²) in [5, 5.41) is 3.49. The number of aliphatic imine (C=N–C) groups is 1. The van der Waals surface area contributed by atoms with Crippen LogP contribution in [0.3, 0.4) is 0 Å². The van der Waals surface area contributed by atoms with Crippen molar-refractivity contribution in [3.05, 3.63) is 53.7 Å². The van der Waals surface area contributed by atoms with Crippen molar-refractivity contribution in [2.24, 2.45) is 4.99 Å². The summed E-state index contributed by atoms with van der Waals surface area (Å²) in [4.78, 5) is 25.2. The Balaban J connectivity index is 1.39. The van der Waals surface area contributed by atoms with Crippen molar-refractivity contribution in [3.8, 4) is 5.88 Å². The summed E-state index contributed by atoms with van der Waals surface area (Å²) in [6.45, 7) is 5.99. The monoisotopic (exact) mass is 435 g/mol. The zero-order chi connectivity index (χ0) is 22.3. The molecule has 2 aliphatic rings.